The Kier molecular flexibility index (Phi) is 8.05. The van der Waals surface area contributed by atoms with Gasteiger partial charge in [0.25, 0.3) is 10.0 Å². The third kappa shape index (κ3) is 6.46. The standard InChI is InChI=1S/C25H26N2O4S/c1-21-9-15-25(16-10-21)32(28,29)27(20-23-7-4-3-5-8-23)17-6-18-31-26-19-22-11-13-24(30-2)14-12-22/h3-17,19H,18,20H2,1-2H3/b17-6+,26-19+. The molecule has 3 rings (SSSR count). The van der Waals surface area contributed by atoms with Crippen LogP contribution in [0.1, 0.15) is 16.7 Å². The number of hydrogen-bond acceptors (Lipinski definition) is 5. The predicted molar refractivity (Wildman–Crippen MR) is 126 cm³/mol. The molecule has 0 aliphatic heterocycles. The molecule has 166 valence electrons. The maximum atomic E-state index is 13.2. The number of sulfonamides is 1. The molecule has 0 aliphatic carbocycles. The minimum absolute atomic E-state index is 0.126. The highest BCUT2D eigenvalue weighted by molar-refractivity contribution is 7.89. The van der Waals surface area contributed by atoms with Gasteiger partial charge in [-0.1, -0.05) is 53.2 Å². The predicted octanol–water partition coefficient (Wildman–Crippen LogP) is 4.76. The van der Waals surface area contributed by atoms with Crippen molar-refractivity contribution in [3.05, 3.63) is 108 Å². The molecule has 0 bridgehead atoms. The van der Waals surface area contributed by atoms with Crippen molar-refractivity contribution >= 4 is 16.2 Å². The summed E-state index contributed by atoms with van der Waals surface area (Å²) in [4.78, 5) is 5.50. The molecule has 0 saturated carbocycles. The SMILES string of the molecule is COc1ccc(/C=N/OC/C=C/N(Cc2ccccc2)S(=O)(=O)c2ccc(C)cc2)cc1. The quantitative estimate of drug-likeness (QED) is 0.254. The summed E-state index contributed by atoms with van der Waals surface area (Å²) < 4.78 is 32.8. The van der Waals surface area contributed by atoms with Gasteiger partial charge in [0.2, 0.25) is 0 Å². The van der Waals surface area contributed by atoms with Gasteiger partial charge in [-0.25, -0.2) is 8.42 Å². The van der Waals surface area contributed by atoms with Crippen molar-refractivity contribution in [1.29, 1.82) is 0 Å². The fraction of sp³-hybridized carbons (Fsp3) is 0.160. The lowest BCUT2D eigenvalue weighted by Gasteiger charge is -2.21. The highest BCUT2D eigenvalue weighted by atomic mass is 32.2. The van der Waals surface area contributed by atoms with Crippen LogP contribution in [0.3, 0.4) is 0 Å². The largest absolute Gasteiger partial charge is 0.497 e. The van der Waals surface area contributed by atoms with Gasteiger partial charge in [-0.3, -0.25) is 4.31 Å². The second-order valence-corrected chi connectivity index (χ2v) is 8.93. The second-order valence-electron chi connectivity index (χ2n) is 7.04. The molecule has 0 radical (unpaired) electrons. The zero-order chi connectivity index (χ0) is 22.8. The number of rotatable bonds is 10. The molecule has 6 nitrogen and oxygen atoms in total. The average molecular weight is 451 g/mol. The maximum Gasteiger partial charge on any atom is 0.264 e. The fourth-order valence-corrected chi connectivity index (χ4v) is 4.18. The van der Waals surface area contributed by atoms with Gasteiger partial charge in [0.15, 0.2) is 0 Å². The summed E-state index contributed by atoms with van der Waals surface area (Å²) in [6.07, 6.45) is 4.73. The zero-order valence-corrected chi connectivity index (χ0v) is 18.9. The van der Waals surface area contributed by atoms with E-state index >= 15 is 0 Å². The molecule has 0 spiro atoms. The highest BCUT2D eigenvalue weighted by Crippen LogP contribution is 2.19. The van der Waals surface area contributed by atoms with E-state index in [0.29, 0.717) is 0 Å². The molecular weight excluding hydrogens is 424 g/mol. The van der Waals surface area contributed by atoms with Crippen molar-refractivity contribution in [2.75, 3.05) is 13.7 Å². The molecule has 0 saturated heterocycles. The van der Waals surface area contributed by atoms with Gasteiger partial charge < -0.3 is 9.57 Å². The van der Waals surface area contributed by atoms with Crippen LogP contribution in [0.5, 0.6) is 5.75 Å². The van der Waals surface area contributed by atoms with Crippen LogP contribution in [0.15, 0.2) is 101 Å². The second kappa shape index (κ2) is 11.2. The zero-order valence-electron chi connectivity index (χ0n) is 18.1. The molecular formula is C25H26N2O4S. The molecule has 0 atom stereocenters. The molecule has 3 aromatic carbocycles. The highest BCUT2D eigenvalue weighted by Gasteiger charge is 2.21. The van der Waals surface area contributed by atoms with Crippen LogP contribution in [-0.2, 0) is 21.4 Å². The lowest BCUT2D eigenvalue weighted by atomic mass is 10.2. The average Bonchev–Trinajstić information content (AvgIpc) is 2.81. The van der Waals surface area contributed by atoms with Gasteiger partial charge in [0.1, 0.15) is 12.4 Å². The van der Waals surface area contributed by atoms with Crippen LogP contribution in [0.2, 0.25) is 0 Å². The van der Waals surface area contributed by atoms with Gasteiger partial charge in [-0.15, -0.1) is 0 Å². The van der Waals surface area contributed by atoms with E-state index in [1.165, 1.54) is 10.5 Å². The van der Waals surface area contributed by atoms with Crippen LogP contribution in [-0.4, -0.2) is 32.7 Å². The Bertz CT molecular complexity index is 1140. The van der Waals surface area contributed by atoms with E-state index in [-0.39, 0.29) is 18.0 Å². The van der Waals surface area contributed by atoms with E-state index in [9.17, 15) is 8.42 Å². The Morgan fingerprint density at radius 1 is 0.938 bits per heavy atom. The first-order valence-corrected chi connectivity index (χ1v) is 11.5. The van der Waals surface area contributed by atoms with E-state index in [2.05, 4.69) is 5.16 Å². The summed E-state index contributed by atoms with van der Waals surface area (Å²) >= 11 is 0. The van der Waals surface area contributed by atoms with Crippen molar-refractivity contribution in [2.24, 2.45) is 5.16 Å². The topological polar surface area (TPSA) is 68.2 Å². The Morgan fingerprint density at radius 2 is 1.62 bits per heavy atom. The minimum Gasteiger partial charge on any atom is -0.497 e. The molecule has 0 aliphatic rings. The normalized spacial score (nSPS) is 11.7. The van der Waals surface area contributed by atoms with Crippen LogP contribution in [0, 0.1) is 6.92 Å². The third-order valence-corrected chi connectivity index (χ3v) is 6.38. The number of oxime groups is 1. The Labute approximate surface area is 189 Å². The van der Waals surface area contributed by atoms with Gasteiger partial charge in [0, 0.05) is 6.20 Å². The van der Waals surface area contributed by atoms with Crippen molar-refractivity contribution in [1.82, 2.24) is 4.31 Å². The molecule has 7 heteroatoms. The molecule has 0 aromatic heterocycles. The number of hydrogen-bond donors (Lipinski definition) is 0. The lowest BCUT2D eigenvalue weighted by molar-refractivity contribution is 0.176. The summed E-state index contributed by atoms with van der Waals surface area (Å²) in [5.41, 5.74) is 2.74. The van der Waals surface area contributed by atoms with Crippen LogP contribution in [0.4, 0.5) is 0 Å². The maximum absolute atomic E-state index is 13.2. The molecule has 3 aromatic rings. The monoisotopic (exact) mass is 450 g/mol. The van der Waals surface area contributed by atoms with Crippen LogP contribution in [0.25, 0.3) is 0 Å². The Morgan fingerprint density at radius 3 is 2.28 bits per heavy atom. The van der Waals surface area contributed by atoms with Crippen LogP contribution >= 0.6 is 0 Å². The molecule has 0 N–H and O–H groups in total. The smallest absolute Gasteiger partial charge is 0.264 e. The van der Waals surface area contributed by atoms with E-state index in [0.717, 1.165) is 22.4 Å². The first-order chi connectivity index (χ1) is 15.5. The van der Waals surface area contributed by atoms with Crippen molar-refractivity contribution in [2.45, 2.75) is 18.4 Å². The van der Waals surface area contributed by atoms with E-state index in [1.54, 1.807) is 43.7 Å². The first kappa shape index (κ1) is 23.1. The summed E-state index contributed by atoms with van der Waals surface area (Å²) in [7, 11) is -2.11. The summed E-state index contributed by atoms with van der Waals surface area (Å²) in [6, 6.07) is 23.6. The van der Waals surface area contributed by atoms with Crippen molar-refractivity contribution in [3.63, 3.8) is 0 Å². The van der Waals surface area contributed by atoms with Crippen molar-refractivity contribution < 1.29 is 18.0 Å². The number of methoxy groups -OCH3 is 1. The van der Waals surface area contributed by atoms with Crippen molar-refractivity contribution in [3.8, 4) is 5.75 Å². The number of benzene rings is 3. The number of ether oxygens (including phenoxy) is 1. The number of nitrogens with zero attached hydrogens (tertiary/aromatic N) is 2. The molecule has 32 heavy (non-hydrogen) atoms. The summed E-state index contributed by atoms with van der Waals surface area (Å²) in [5.74, 6) is 0.763. The number of aryl methyl sites for hydroxylation is 1. The summed E-state index contributed by atoms with van der Waals surface area (Å²) in [6.45, 7) is 2.26. The van der Waals surface area contributed by atoms with Gasteiger partial charge in [0.05, 0.1) is 24.8 Å². The fourth-order valence-electron chi connectivity index (χ4n) is 2.86. The molecule has 0 unspecified atom stereocenters. The molecule has 0 amide bonds. The van der Waals surface area contributed by atoms with Gasteiger partial charge in [-0.2, -0.15) is 0 Å². The minimum atomic E-state index is -3.72. The Balaban J connectivity index is 1.68. The van der Waals surface area contributed by atoms with Gasteiger partial charge in [-0.05, 0) is 60.5 Å². The molecule has 0 heterocycles. The van der Waals surface area contributed by atoms with E-state index < -0.39 is 10.0 Å². The van der Waals surface area contributed by atoms with E-state index in [4.69, 9.17) is 9.57 Å². The lowest BCUT2D eigenvalue weighted by Crippen LogP contribution is -2.25. The first-order valence-electron chi connectivity index (χ1n) is 10.1. The van der Waals surface area contributed by atoms with E-state index in [1.807, 2.05) is 61.5 Å². The summed E-state index contributed by atoms with van der Waals surface area (Å²) in [5, 5.41) is 3.92. The Hall–Kier alpha value is -3.58. The third-order valence-electron chi connectivity index (χ3n) is 4.64. The molecule has 0 fully saturated rings. The van der Waals surface area contributed by atoms with Gasteiger partial charge >= 0.3 is 0 Å². The van der Waals surface area contributed by atoms with Crippen LogP contribution < -0.4 is 4.74 Å².